The third-order valence-electron chi connectivity index (χ3n) is 5.31. The summed E-state index contributed by atoms with van der Waals surface area (Å²) in [6.07, 6.45) is 3.65. The largest absolute Gasteiger partial charge is 0.487 e. The van der Waals surface area contributed by atoms with E-state index in [0.29, 0.717) is 33.8 Å². The van der Waals surface area contributed by atoms with Gasteiger partial charge in [0.1, 0.15) is 23.7 Å². The number of carbonyl (C=O) groups is 2. The number of thiocarbonyl (C=S) groups is 1. The molecule has 3 aromatic rings. The minimum atomic E-state index is -0.724. The molecule has 0 saturated carbocycles. The second-order valence-electron chi connectivity index (χ2n) is 7.81. The number of allylic oxidation sites excluding steroid dienone is 1. The molecule has 1 aliphatic rings. The van der Waals surface area contributed by atoms with Crippen molar-refractivity contribution in [3.05, 3.63) is 111 Å². The van der Waals surface area contributed by atoms with Crippen LogP contribution in [0.1, 0.15) is 16.7 Å². The zero-order valence-electron chi connectivity index (χ0n) is 18.8. The van der Waals surface area contributed by atoms with Crippen LogP contribution in [0.15, 0.2) is 83.4 Å². The fourth-order valence-corrected chi connectivity index (χ4v) is 4.67. The Bertz CT molecular complexity index is 1410. The number of anilines is 1. The van der Waals surface area contributed by atoms with Gasteiger partial charge in [-0.2, -0.15) is 0 Å². The van der Waals surface area contributed by atoms with Gasteiger partial charge in [0.2, 0.25) is 0 Å². The Balaban J connectivity index is 1.67. The molecular weight excluding hydrogens is 567 g/mol. The normalized spacial score (nSPS) is 14.7. The van der Waals surface area contributed by atoms with Gasteiger partial charge >= 0.3 is 0 Å². The Morgan fingerprint density at radius 2 is 1.86 bits per heavy atom. The smallest absolute Gasteiger partial charge is 0.270 e. The molecule has 0 aromatic heterocycles. The van der Waals surface area contributed by atoms with Crippen molar-refractivity contribution in [2.45, 2.75) is 13.0 Å². The molecule has 2 amide bonds. The molecule has 0 bridgehead atoms. The van der Waals surface area contributed by atoms with Crippen LogP contribution in [-0.2, 0) is 22.6 Å². The first-order valence-electron chi connectivity index (χ1n) is 10.7. The Morgan fingerprint density at radius 3 is 2.56 bits per heavy atom. The molecule has 3 aromatic carbocycles. The maximum atomic E-state index is 14.4. The first kappa shape index (κ1) is 25.8. The SMILES string of the molecule is C=CCc1cc(/C=C2\C(=O)NC(=S)N(c3ccccc3F)C2=O)cc(Br)c1OCc1ccc(Cl)cc1. The number of amides is 2. The van der Waals surface area contributed by atoms with E-state index >= 15 is 0 Å². The number of halogens is 3. The maximum Gasteiger partial charge on any atom is 0.270 e. The summed E-state index contributed by atoms with van der Waals surface area (Å²) in [6, 6.07) is 16.6. The van der Waals surface area contributed by atoms with E-state index in [1.54, 1.807) is 36.4 Å². The monoisotopic (exact) mass is 584 g/mol. The average molecular weight is 586 g/mol. The zero-order valence-corrected chi connectivity index (χ0v) is 21.9. The number of para-hydroxylation sites is 1. The molecule has 0 aliphatic carbocycles. The van der Waals surface area contributed by atoms with Crippen molar-refractivity contribution in [1.82, 2.24) is 5.32 Å². The summed E-state index contributed by atoms with van der Waals surface area (Å²) in [5.74, 6) is -1.41. The van der Waals surface area contributed by atoms with Crippen molar-refractivity contribution in [1.29, 1.82) is 0 Å². The van der Waals surface area contributed by atoms with Crippen molar-refractivity contribution in [3.8, 4) is 5.75 Å². The number of rotatable bonds is 7. The van der Waals surface area contributed by atoms with Crippen molar-refractivity contribution in [2.24, 2.45) is 0 Å². The number of hydrogen-bond acceptors (Lipinski definition) is 4. The van der Waals surface area contributed by atoms with Gasteiger partial charge in [-0.05, 0) is 93.7 Å². The molecule has 36 heavy (non-hydrogen) atoms. The lowest BCUT2D eigenvalue weighted by Crippen LogP contribution is -2.54. The van der Waals surface area contributed by atoms with E-state index in [1.165, 1.54) is 24.3 Å². The first-order chi connectivity index (χ1) is 17.3. The number of nitrogens with zero attached hydrogens (tertiary/aromatic N) is 1. The second-order valence-corrected chi connectivity index (χ2v) is 9.49. The molecule has 9 heteroatoms. The van der Waals surface area contributed by atoms with E-state index in [9.17, 15) is 14.0 Å². The third-order valence-corrected chi connectivity index (χ3v) is 6.44. The molecule has 1 aliphatic heterocycles. The van der Waals surface area contributed by atoms with Crippen LogP contribution in [0.5, 0.6) is 5.75 Å². The van der Waals surface area contributed by atoms with Crippen LogP contribution in [0.3, 0.4) is 0 Å². The van der Waals surface area contributed by atoms with Gasteiger partial charge in [-0.15, -0.1) is 6.58 Å². The number of ether oxygens (including phenoxy) is 1. The molecule has 1 heterocycles. The molecule has 182 valence electrons. The lowest BCUT2D eigenvalue weighted by atomic mass is 10.0. The van der Waals surface area contributed by atoms with Gasteiger partial charge in [0.15, 0.2) is 5.11 Å². The van der Waals surface area contributed by atoms with Gasteiger partial charge in [-0.3, -0.25) is 14.9 Å². The summed E-state index contributed by atoms with van der Waals surface area (Å²) < 4.78 is 21.1. The van der Waals surface area contributed by atoms with Crippen molar-refractivity contribution < 1.29 is 18.7 Å². The maximum absolute atomic E-state index is 14.4. The van der Waals surface area contributed by atoms with E-state index in [0.717, 1.165) is 16.0 Å². The highest BCUT2D eigenvalue weighted by atomic mass is 79.9. The van der Waals surface area contributed by atoms with Crippen LogP contribution in [-0.4, -0.2) is 16.9 Å². The number of benzene rings is 3. The van der Waals surface area contributed by atoms with E-state index in [-0.39, 0.29) is 16.4 Å². The molecule has 1 N–H and O–H groups in total. The van der Waals surface area contributed by atoms with Crippen LogP contribution in [0.25, 0.3) is 6.08 Å². The highest BCUT2D eigenvalue weighted by Gasteiger charge is 2.35. The molecule has 0 atom stereocenters. The van der Waals surface area contributed by atoms with Gasteiger partial charge in [-0.25, -0.2) is 9.29 Å². The lowest BCUT2D eigenvalue weighted by molar-refractivity contribution is -0.122. The van der Waals surface area contributed by atoms with Gasteiger partial charge in [0.25, 0.3) is 11.8 Å². The predicted molar refractivity (Wildman–Crippen MR) is 146 cm³/mol. The van der Waals surface area contributed by atoms with Crippen LogP contribution >= 0.6 is 39.7 Å². The van der Waals surface area contributed by atoms with Crippen LogP contribution in [0, 0.1) is 5.82 Å². The topological polar surface area (TPSA) is 58.6 Å². The van der Waals surface area contributed by atoms with Crippen LogP contribution < -0.4 is 15.0 Å². The summed E-state index contributed by atoms with van der Waals surface area (Å²) in [6.45, 7) is 4.12. The first-order valence-corrected chi connectivity index (χ1v) is 12.3. The van der Waals surface area contributed by atoms with Gasteiger partial charge in [0, 0.05) is 5.02 Å². The van der Waals surface area contributed by atoms with Crippen molar-refractivity contribution in [3.63, 3.8) is 0 Å². The zero-order chi connectivity index (χ0) is 25.8. The Labute approximate surface area is 226 Å². The third kappa shape index (κ3) is 5.56. The molecule has 0 radical (unpaired) electrons. The molecule has 0 unspecified atom stereocenters. The average Bonchev–Trinajstić information content (AvgIpc) is 2.83. The molecular formula is C27H19BrClFN2O3S. The van der Waals surface area contributed by atoms with Gasteiger partial charge in [-0.1, -0.05) is 41.9 Å². The second kappa shape index (κ2) is 11.2. The molecule has 4 rings (SSSR count). The highest BCUT2D eigenvalue weighted by Crippen LogP contribution is 2.34. The summed E-state index contributed by atoms with van der Waals surface area (Å²) in [4.78, 5) is 26.9. The lowest BCUT2D eigenvalue weighted by Gasteiger charge is -2.29. The summed E-state index contributed by atoms with van der Waals surface area (Å²) in [5.41, 5.74) is 2.08. The number of carbonyl (C=O) groups excluding carboxylic acids is 2. The number of hydrogen-bond donors (Lipinski definition) is 1. The van der Waals surface area contributed by atoms with Crippen LogP contribution in [0.2, 0.25) is 5.02 Å². The highest BCUT2D eigenvalue weighted by molar-refractivity contribution is 9.10. The minimum Gasteiger partial charge on any atom is -0.487 e. The Morgan fingerprint density at radius 1 is 1.14 bits per heavy atom. The van der Waals surface area contributed by atoms with Gasteiger partial charge < -0.3 is 4.74 Å². The molecule has 1 saturated heterocycles. The van der Waals surface area contributed by atoms with E-state index in [4.69, 9.17) is 28.6 Å². The predicted octanol–water partition coefficient (Wildman–Crippen LogP) is 6.38. The van der Waals surface area contributed by atoms with E-state index in [1.807, 2.05) is 12.1 Å². The standard InChI is InChI=1S/C27H19BrClFN2O3S/c1-2-5-18-12-17(14-21(28)24(18)35-15-16-8-10-19(29)11-9-16)13-20-25(33)31-27(36)32(26(20)34)23-7-4-3-6-22(23)30/h2-4,6-14H,1,5,15H2,(H,31,33,36)/b20-13+. The minimum absolute atomic E-state index is 0.0436. The van der Waals surface area contributed by atoms with Crippen molar-refractivity contribution >= 4 is 68.4 Å². The summed E-state index contributed by atoms with van der Waals surface area (Å²) in [5, 5.41) is 2.92. The van der Waals surface area contributed by atoms with Crippen LogP contribution in [0.4, 0.5) is 10.1 Å². The quantitative estimate of drug-likeness (QED) is 0.151. The Hall–Kier alpha value is -3.33. The van der Waals surface area contributed by atoms with E-state index < -0.39 is 17.6 Å². The molecule has 5 nitrogen and oxygen atoms in total. The fourth-order valence-electron chi connectivity index (χ4n) is 3.64. The summed E-state index contributed by atoms with van der Waals surface area (Å²) >= 11 is 14.6. The Kier molecular flexibility index (Phi) is 7.98. The van der Waals surface area contributed by atoms with E-state index in [2.05, 4.69) is 27.8 Å². The van der Waals surface area contributed by atoms with Crippen molar-refractivity contribution in [2.75, 3.05) is 4.90 Å². The number of nitrogens with one attached hydrogen (secondary N) is 1. The molecule has 0 spiro atoms. The molecule has 1 fully saturated rings. The fraction of sp³-hybridized carbons (Fsp3) is 0.0741. The summed E-state index contributed by atoms with van der Waals surface area (Å²) in [7, 11) is 0. The van der Waals surface area contributed by atoms with Gasteiger partial charge in [0.05, 0.1) is 10.2 Å².